The first kappa shape index (κ1) is 19.2. The fraction of sp³-hybridized carbons (Fsp3) is 0.429. The van der Waals surface area contributed by atoms with Gasteiger partial charge in [-0.2, -0.15) is 0 Å². The Hall–Kier alpha value is -0.800. The zero-order valence-corrected chi connectivity index (χ0v) is 16.8. The number of aryl methyl sites for hydroxylation is 1. The Morgan fingerprint density at radius 1 is 1.55 bits per heavy atom. The van der Waals surface area contributed by atoms with Gasteiger partial charge in [-0.3, -0.25) is 4.99 Å². The van der Waals surface area contributed by atoms with E-state index in [2.05, 4.69) is 20.2 Å². The molecular formula is C14H21ClIN5S. The van der Waals surface area contributed by atoms with E-state index in [1.54, 1.807) is 18.4 Å². The maximum Gasteiger partial charge on any atom is 0.193 e. The van der Waals surface area contributed by atoms with Crippen LogP contribution in [0.2, 0.25) is 5.02 Å². The summed E-state index contributed by atoms with van der Waals surface area (Å²) in [7, 11) is 5.80. The van der Waals surface area contributed by atoms with E-state index in [1.807, 2.05) is 42.5 Å². The summed E-state index contributed by atoms with van der Waals surface area (Å²) >= 11 is 7.69. The number of rotatable bonds is 5. The van der Waals surface area contributed by atoms with Crippen molar-refractivity contribution in [3.63, 3.8) is 0 Å². The first-order chi connectivity index (χ1) is 10.1. The quantitative estimate of drug-likeness (QED) is 0.430. The molecule has 22 heavy (non-hydrogen) atoms. The van der Waals surface area contributed by atoms with Crippen LogP contribution >= 0.6 is 46.9 Å². The Balaban J connectivity index is 0.00000242. The predicted octanol–water partition coefficient (Wildman–Crippen LogP) is 3.00. The van der Waals surface area contributed by atoms with Gasteiger partial charge in [0.25, 0.3) is 0 Å². The molecule has 0 amide bonds. The van der Waals surface area contributed by atoms with Gasteiger partial charge in [-0.25, -0.2) is 4.98 Å². The molecule has 0 radical (unpaired) electrons. The normalized spacial score (nSPS) is 11.2. The Morgan fingerprint density at radius 3 is 2.86 bits per heavy atom. The standard InChI is InChI=1S/C14H20ClN5S.HI/c1-16-14(18-5-4-13-17-6-7-21-13)20(3)10-12-8-11(15)9-19(12)2;/h6-9H,4-5,10H2,1-3H3,(H,16,18);1H. The van der Waals surface area contributed by atoms with E-state index in [4.69, 9.17) is 11.6 Å². The molecule has 0 fully saturated rings. The Bertz CT molecular complexity index is 596. The molecule has 2 aromatic rings. The zero-order chi connectivity index (χ0) is 15.2. The molecule has 0 aliphatic carbocycles. The van der Waals surface area contributed by atoms with Gasteiger partial charge in [0.05, 0.1) is 16.6 Å². The van der Waals surface area contributed by atoms with Crippen molar-refractivity contribution in [2.45, 2.75) is 13.0 Å². The second-order valence-corrected chi connectivity index (χ2v) is 6.18. The van der Waals surface area contributed by atoms with Crippen LogP contribution in [0.3, 0.4) is 0 Å². The Labute approximate surface area is 157 Å². The van der Waals surface area contributed by atoms with Crippen molar-refractivity contribution in [1.82, 2.24) is 19.8 Å². The SMILES string of the molecule is CN=C(NCCc1nccs1)N(C)Cc1cc(Cl)cn1C.I. The average Bonchev–Trinajstić information content (AvgIpc) is 3.05. The van der Waals surface area contributed by atoms with Gasteiger partial charge in [0.1, 0.15) is 0 Å². The van der Waals surface area contributed by atoms with Crippen molar-refractivity contribution in [1.29, 1.82) is 0 Å². The minimum absolute atomic E-state index is 0. The number of aromatic nitrogens is 2. The molecule has 2 heterocycles. The largest absolute Gasteiger partial charge is 0.356 e. The highest BCUT2D eigenvalue weighted by molar-refractivity contribution is 14.0. The van der Waals surface area contributed by atoms with Crippen LogP contribution in [-0.2, 0) is 20.0 Å². The van der Waals surface area contributed by atoms with E-state index in [0.29, 0.717) is 0 Å². The number of guanidine groups is 1. The van der Waals surface area contributed by atoms with Crippen LogP contribution in [0.15, 0.2) is 28.8 Å². The average molecular weight is 454 g/mol. The highest BCUT2D eigenvalue weighted by atomic mass is 127. The summed E-state index contributed by atoms with van der Waals surface area (Å²) in [5.74, 6) is 0.865. The smallest absolute Gasteiger partial charge is 0.193 e. The van der Waals surface area contributed by atoms with Gasteiger partial charge in [-0.15, -0.1) is 35.3 Å². The maximum absolute atomic E-state index is 6.01. The molecule has 0 aliphatic rings. The lowest BCUT2D eigenvalue weighted by Gasteiger charge is -2.22. The van der Waals surface area contributed by atoms with Gasteiger partial charge in [-0.1, -0.05) is 11.6 Å². The molecule has 5 nitrogen and oxygen atoms in total. The predicted molar refractivity (Wildman–Crippen MR) is 104 cm³/mol. The molecule has 122 valence electrons. The molecule has 0 aromatic carbocycles. The molecule has 0 atom stereocenters. The van der Waals surface area contributed by atoms with E-state index in [9.17, 15) is 0 Å². The summed E-state index contributed by atoms with van der Waals surface area (Å²) in [5, 5.41) is 7.24. The van der Waals surface area contributed by atoms with Crippen molar-refractivity contribution < 1.29 is 0 Å². The van der Waals surface area contributed by atoms with Crippen LogP contribution in [-0.4, -0.2) is 41.1 Å². The molecule has 0 spiro atoms. The van der Waals surface area contributed by atoms with E-state index >= 15 is 0 Å². The van der Waals surface area contributed by atoms with E-state index in [0.717, 1.165) is 41.2 Å². The topological polar surface area (TPSA) is 45.5 Å². The first-order valence-corrected chi connectivity index (χ1v) is 7.97. The van der Waals surface area contributed by atoms with E-state index in [1.165, 1.54) is 0 Å². The van der Waals surface area contributed by atoms with E-state index in [-0.39, 0.29) is 24.0 Å². The van der Waals surface area contributed by atoms with Crippen LogP contribution in [0.5, 0.6) is 0 Å². The van der Waals surface area contributed by atoms with Gasteiger partial charge in [-0.05, 0) is 6.07 Å². The third-order valence-corrected chi connectivity index (χ3v) is 4.20. The molecule has 0 unspecified atom stereocenters. The lowest BCUT2D eigenvalue weighted by Crippen LogP contribution is -2.39. The van der Waals surface area contributed by atoms with Gasteiger partial charge >= 0.3 is 0 Å². The number of thiazole rings is 1. The third-order valence-electron chi connectivity index (χ3n) is 3.15. The molecule has 0 saturated heterocycles. The monoisotopic (exact) mass is 453 g/mol. The van der Waals surface area contributed by atoms with Crippen molar-refractivity contribution in [2.24, 2.45) is 12.0 Å². The summed E-state index contributed by atoms with van der Waals surface area (Å²) in [5.41, 5.74) is 1.14. The van der Waals surface area contributed by atoms with Gasteiger partial charge < -0.3 is 14.8 Å². The minimum Gasteiger partial charge on any atom is -0.356 e. The van der Waals surface area contributed by atoms with Crippen LogP contribution in [0.4, 0.5) is 0 Å². The number of halogens is 2. The number of nitrogens with one attached hydrogen (secondary N) is 1. The summed E-state index contributed by atoms with van der Waals surface area (Å²) in [6, 6.07) is 1.97. The molecule has 2 rings (SSSR count). The fourth-order valence-corrected chi connectivity index (χ4v) is 2.98. The van der Waals surface area contributed by atoms with Crippen LogP contribution in [0.25, 0.3) is 0 Å². The summed E-state index contributed by atoms with van der Waals surface area (Å²) in [6.07, 6.45) is 4.64. The summed E-state index contributed by atoms with van der Waals surface area (Å²) in [6.45, 7) is 1.57. The van der Waals surface area contributed by atoms with Crippen molar-refractivity contribution in [3.8, 4) is 0 Å². The van der Waals surface area contributed by atoms with Gasteiger partial charge in [0, 0.05) is 57.6 Å². The fourth-order valence-electron chi connectivity index (χ4n) is 2.08. The van der Waals surface area contributed by atoms with Crippen LogP contribution in [0.1, 0.15) is 10.7 Å². The lowest BCUT2D eigenvalue weighted by atomic mass is 10.4. The Morgan fingerprint density at radius 2 is 2.32 bits per heavy atom. The van der Waals surface area contributed by atoms with E-state index < -0.39 is 0 Å². The van der Waals surface area contributed by atoms with Crippen molar-refractivity contribution in [2.75, 3.05) is 20.6 Å². The number of nitrogens with zero attached hydrogens (tertiary/aromatic N) is 4. The highest BCUT2D eigenvalue weighted by Gasteiger charge is 2.09. The molecular weight excluding hydrogens is 433 g/mol. The number of hydrogen-bond acceptors (Lipinski definition) is 3. The van der Waals surface area contributed by atoms with Gasteiger partial charge in [0.2, 0.25) is 0 Å². The molecule has 8 heteroatoms. The number of hydrogen-bond donors (Lipinski definition) is 1. The minimum atomic E-state index is 0. The summed E-state index contributed by atoms with van der Waals surface area (Å²) in [4.78, 5) is 10.7. The molecule has 1 N–H and O–H groups in total. The summed E-state index contributed by atoms with van der Waals surface area (Å²) < 4.78 is 2.03. The molecule has 0 aliphatic heterocycles. The van der Waals surface area contributed by atoms with Crippen LogP contribution in [0, 0.1) is 0 Å². The first-order valence-electron chi connectivity index (χ1n) is 6.71. The maximum atomic E-state index is 6.01. The zero-order valence-electron chi connectivity index (χ0n) is 12.9. The third kappa shape index (κ3) is 5.44. The van der Waals surface area contributed by atoms with Crippen molar-refractivity contribution in [3.05, 3.63) is 39.6 Å². The molecule has 0 bridgehead atoms. The van der Waals surface area contributed by atoms with Crippen LogP contribution < -0.4 is 5.32 Å². The lowest BCUT2D eigenvalue weighted by molar-refractivity contribution is 0.462. The molecule has 2 aromatic heterocycles. The second-order valence-electron chi connectivity index (χ2n) is 4.77. The number of aliphatic imine (C=N–C) groups is 1. The van der Waals surface area contributed by atoms with Crippen molar-refractivity contribution >= 4 is 52.9 Å². The highest BCUT2D eigenvalue weighted by Crippen LogP contribution is 2.14. The van der Waals surface area contributed by atoms with Gasteiger partial charge in [0.15, 0.2) is 5.96 Å². The Kier molecular flexibility index (Phi) is 8.19. The molecule has 0 saturated carbocycles. The second kappa shape index (κ2) is 9.36.